The molecule has 0 aliphatic heterocycles. The van der Waals surface area contributed by atoms with Crippen LogP contribution in [0.15, 0.2) is 18.2 Å². The second kappa shape index (κ2) is 6.98. The summed E-state index contributed by atoms with van der Waals surface area (Å²) in [5, 5.41) is 0. The van der Waals surface area contributed by atoms with Crippen molar-refractivity contribution in [3.8, 4) is 11.5 Å². The fraction of sp³-hybridized carbons (Fsp3) is 0.647. The van der Waals surface area contributed by atoms with Crippen LogP contribution < -0.4 is 15.2 Å². The first-order valence-electron chi connectivity index (χ1n) is 7.68. The highest BCUT2D eigenvalue weighted by Gasteiger charge is 2.27. The first-order chi connectivity index (χ1) is 9.65. The van der Waals surface area contributed by atoms with Gasteiger partial charge in [-0.1, -0.05) is 26.0 Å². The Morgan fingerprint density at radius 1 is 1.20 bits per heavy atom. The fourth-order valence-corrected chi connectivity index (χ4v) is 2.98. The smallest absolute Gasteiger partial charge is 0.164 e. The van der Waals surface area contributed by atoms with Crippen molar-refractivity contribution in [3.05, 3.63) is 23.8 Å². The van der Waals surface area contributed by atoms with Gasteiger partial charge in [0.05, 0.1) is 13.2 Å². The molecule has 1 aliphatic carbocycles. The van der Waals surface area contributed by atoms with E-state index in [9.17, 15) is 0 Å². The lowest BCUT2D eigenvalue weighted by Crippen LogP contribution is -2.29. The number of ether oxygens (including phenoxy) is 2. The minimum Gasteiger partial charge on any atom is -0.493 e. The third-order valence-corrected chi connectivity index (χ3v) is 4.53. The molecule has 1 fully saturated rings. The summed E-state index contributed by atoms with van der Waals surface area (Å²) >= 11 is 0. The summed E-state index contributed by atoms with van der Waals surface area (Å²) < 4.78 is 11.8. The van der Waals surface area contributed by atoms with Gasteiger partial charge in [0.25, 0.3) is 0 Å². The molecule has 1 aliphatic rings. The predicted molar refractivity (Wildman–Crippen MR) is 82.3 cm³/mol. The van der Waals surface area contributed by atoms with Gasteiger partial charge in [0.1, 0.15) is 0 Å². The van der Waals surface area contributed by atoms with Gasteiger partial charge >= 0.3 is 0 Å². The average molecular weight is 277 g/mol. The predicted octanol–water partition coefficient (Wildman–Crippen LogP) is 3.40. The minimum atomic E-state index is 0.300. The molecular weight excluding hydrogens is 250 g/mol. The zero-order chi connectivity index (χ0) is 14.5. The molecule has 0 spiro atoms. The number of rotatable bonds is 5. The van der Waals surface area contributed by atoms with Crippen LogP contribution in [0.5, 0.6) is 11.5 Å². The molecule has 0 amide bonds. The molecule has 3 atom stereocenters. The molecule has 0 aromatic heterocycles. The van der Waals surface area contributed by atoms with Gasteiger partial charge < -0.3 is 15.2 Å². The summed E-state index contributed by atoms with van der Waals surface area (Å²) in [7, 11) is 1.69. The molecule has 3 heteroatoms. The Kier molecular flexibility index (Phi) is 5.30. The molecule has 1 aromatic rings. The van der Waals surface area contributed by atoms with E-state index in [1.807, 2.05) is 12.1 Å². The number of para-hydroxylation sites is 1. The Balaban J connectivity index is 2.15. The van der Waals surface area contributed by atoms with E-state index >= 15 is 0 Å². The molecule has 2 rings (SSSR count). The van der Waals surface area contributed by atoms with Gasteiger partial charge in [-0.3, -0.25) is 0 Å². The van der Waals surface area contributed by atoms with Crippen LogP contribution in [-0.4, -0.2) is 19.8 Å². The Morgan fingerprint density at radius 2 is 2.00 bits per heavy atom. The fourth-order valence-electron chi connectivity index (χ4n) is 2.98. The molecule has 1 aromatic carbocycles. The highest BCUT2D eigenvalue weighted by molar-refractivity contribution is 5.47. The normalized spacial score (nSPS) is 26.3. The van der Waals surface area contributed by atoms with Crippen LogP contribution in [0.4, 0.5) is 0 Å². The molecule has 3 nitrogen and oxygen atoms in total. The highest BCUT2D eigenvalue weighted by Crippen LogP contribution is 2.37. The molecule has 20 heavy (non-hydrogen) atoms. The zero-order valence-corrected chi connectivity index (χ0v) is 12.9. The van der Waals surface area contributed by atoms with Crippen LogP contribution in [0.1, 0.15) is 38.7 Å². The largest absolute Gasteiger partial charge is 0.493 e. The van der Waals surface area contributed by atoms with E-state index < -0.39 is 0 Å². The number of benzene rings is 1. The lowest BCUT2D eigenvalue weighted by molar-refractivity contribution is 0.0967. The van der Waals surface area contributed by atoms with Gasteiger partial charge in [-0.2, -0.15) is 0 Å². The minimum absolute atomic E-state index is 0.300. The van der Waals surface area contributed by atoms with Gasteiger partial charge in [-0.15, -0.1) is 0 Å². The quantitative estimate of drug-likeness (QED) is 0.897. The van der Waals surface area contributed by atoms with Crippen molar-refractivity contribution < 1.29 is 9.47 Å². The Morgan fingerprint density at radius 3 is 2.65 bits per heavy atom. The van der Waals surface area contributed by atoms with E-state index in [0.717, 1.165) is 48.2 Å². The van der Waals surface area contributed by atoms with Gasteiger partial charge in [0, 0.05) is 0 Å². The number of hydrogen-bond acceptors (Lipinski definition) is 3. The third-order valence-electron chi connectivity index (χ3n) is 4.53. The number of hydrogen-bond donors (Lipinski definition) is 1. The monoisotopic (exact) mass is 277 g/mol. The van der Waals surface area contributed by atoms with Crippen molar-refractivity contribution in [3.63, 3.8) is 0 Å². The van der Waals surface area contributed by atoms with Gasteiger partial charge in [-0.05, 0) is 55.7 Å². The Bertz CT molecular complexity index is 433. The molecule has 2 N–H and O–H groups in total. The zero-order valence-electron chi connectivity index (χ0n) is 12.9. The van der Waals surface area contributed by atoms with E-state index in [1.54, 1.807) is 7.11 Å². The molecule has 112 valence electrons. The van der Waals surface area contributed by atoms with E-state index in [0.29, 0.717) is 12.6 Å². The Hall–Kier alpha value is -1.22. The lowest BCUT2D eigenvalue weighted by Gasteiger charge is -2.33. The molecular formula is C17H27NO2. The van der Waals surface area contributed by atoms with Crippen LogP contribution in [-0.2, 0) is 6.42 Å². The van der Waals surface area contributed by atoms with Crippen molar-refractivity contribution in [1.29, 1.82) is 0 Å². The van der Waals surface area contributed by atoms with Crippen LogP contribution in [0.2, 0.25) is 0 Å². The van der Waals surface area contributed by atoms with Crippen LogP contribution in [0.25, 0.3) is 0 Å². The third kappa shape index (κ3) is 3.45. The molecule has 0 saturated heterocycles. The molecule has 1 saturated carbocycles. The van der Waals surface area contributed by atoms with E-state index in [-0.39, 0.29) is 0 Å². The second-order valence-electron chi connectivity index (χ2n) is 5.99. The first-order valence-corrected chi connectivity index (χ1v) is 7.68. The Labute approximate surface area is 122 Å². The summed E-state index contributed by atoms with van der Waals surface area (Å²) in [5.74, 6) is 3.24. The van der Waals surface area contributed by atoms with Crippen molar-refractivity contribution in [2.75, 3.05) is 13.7 Å². The van der Waals surface area contributed by atoms with Crippen LogP contribution in [0, 0.1) is 11.8 Å². The first kappa shape index (κ1) is 15.2. The van der Waals surface area contributed by atoms with E-state index in [1.165, 1.54) is 6.42 Å². The summed E-state index contributed by atoms with van der Waals surface area (Å²) in [4.78, 5) is 0. The average Bonchev–Trinajstić information content (AvgIpc) is 2.45. The van der Waals surface area contributed by atoms with E-state index in [2.05, 4.69) is 19.9 Å². The van der Waals surface area contributed by atoms with E-state index in [4.69, 9.17) is 15.2 Å². The standard InChI is InChI=1S/C17H27NO2/c1-12-7-8-15(11-13(12)2)20-17-14(9-10-18)5-4-6-16(17)19-3/h4-6,12-13,15H,7-11,18H2,1-3H3. The molecule has 0 bridgehead atoms. The SMILES string of the molecule is COc1cccc(CCN)c1OC1CCC(C)C(C)C1. The number of nitrogens with two attached hydrogens (primary N) is 1. The van der Waals surface area contributed by atoms with Crippen molar-refractivity contribution >= 4 is 0 Å². The lowest BCUT2D eigenvalue weighted by atomic mass is 9.80. The summed E-state index contributed by atoms with van der Waals surface area (Å²) in [6.45, 7) is 5.29. The topological polar surface area (TPSA) is 44.5 Å². The van der Waals surface area contributed by atoms with Crippen LogP contribution >= 0.6 is 0 Å². The van der Waals surface area contributed by atoms with Crippen molar-refractivity contribution in [2.45, 2.75) is 45.6 Å². The van der Waals surface area contributed by atoms with Crippen molar-refractivity contribution in [1.82, 2.24) is 0 Å². The maximum atomic E-state index is 6.30. The van der Waals surface area contributed by atoms with Gasteiger partial charge in [0.2, 0.25) is 0 Å². The second-order valence-corrected chi connectivity index (χ2v) is 5.99. The highest BCUT2D eigenvalue weighted by atomic mass is 16.5. The maximum Gasteiger partial charge on any atom is 0.164 e. The molecule has 3 unspecified atom stereocenters. The van der Waals surface area contributed by atoms with Crippen molar-refractivity contribution in [2.24, 2.45) is 17.6 Å². The summed E-state index contributed by atoms with van der Waals surface area (Å²) in [6, 6.07) is 6.05. The van der Waals surface area contributed by atoms with Gasteiger partial charge in [0.15, 0.2) is 11.5 Å². The maximum absolute atomic E-state index is 6.30. The summed E-state index contributed by atoms with van der Waals surface area (Å²) in [6.07, 6.45) is 4.62. The summed E-state index contributed by atoms with van der Waals surface area (Å²) in [5.41, 5.74) is 6.85. The molecule has 0 radical (unpaired) electrons. The van der Waals surface area contributed by atoms with Crippen LogP contribution in [0.3, 0.4) is 0 Å². The number of methoxy groups -OCH3 is 1. The molecule has 0 heterocycles. The van der Waals surface area contributed by atoms with Gasteiger partial charge in [-0.25, -0.2) is 0 Å².